The molecule has 9 heteroatoms. The maximum Gasteiger partial charge on any atom is 0.249 e. The molecule has 4 aromatic rings. The molecule has 1 aromatic heterocycles. The first-order valence-electron chi connectivity index (χ1n) is 12.7. The molecule has 204 valence electrons. The Balaban J connectivity index is 1.93. The molecule has 4 rings (SSSR count). The normalized spacial score (nSPS) is 12.2. The van der Waals surface area contributed by atoms with Crippen LogP contribution in [-0.4, -0.2) is 46.6 Å². The molecule has 0 saturated carbocycles. The van der Waals surface area contributed by atoms with E-state index in [1.54, 1.807) is 30.0 Å². The molecular formula is C30H35N5O4. The zero-order valence-corrected chi connectivity index (χ0v) is 23.5. The van der Waals surface area contributed by atoms with Crippen LogP contribution < -0.4 is 19.7 Å². The van der Waals surface area contributed by atoms with Crippen LogP contribution in [-0.2, 0) is 16.1 Å². The molecule has 0 radical (unpaired) electrons. The molecule has 39 heavy (non-hydrogen) atoms. The van der Waals surface area contributed by atoms with E-state index in [0.717, 1.165) is 16.6 Å². The van der Waals surface area contributed by atoms with Crippen LogP contribution in [0.15, 0.2) is 60.7 Å². The molecule has 0 aliphatic rings. The smallest absolute Gasteiger partial charge is 0.249 e. The number of methoxy groups -OCH3 is 2. The lowest BCUT2D eigenvalue weighted by molar-refractivity contribution is -0.128. The van der Waals surface area contributed by atoms with Gasteiger partial charge in [-0.1, -0.05) is 35.0 Å². The zero-order valence-electron chi connectivity index (χ0n) is 23.5. The van der Waals surface area contributed by atoms with Crippen molar-refractivity contribution in [2.24, 2.45) is 0 Å². The molecule has 2 amide bonds. The predicted octanol–water partition coefficient (Wildman–Crippen LogP) is 4.75. The number of carbonyl (C=O) groups excluding carboxylic acids is 2. The SMILES string of the molecule is COc1ccc(OC)c([C@@H](C(=O)NC(C)(C)C)N(C(=O)Cn2nnc3ccccc32)c2ccc(C)cc2C)c1. The topological polar surface area (TPSA) is 98.6 Å². The van der Waals surface area contributed by atoms with Crippen LogP contribution in [0.1, 0.15) is 43.5 Å². The minimum absolute atomic E-state index is 0.126. The van der Waals surface area contributed by atoms with E-state index in [4.69, 9.17) is 9.47 Å². The van der Waals surface area contributed by atoms with Crippen molar-refractivity contribution in [2.75, 3.05) is 19.1 Å². The summed E-state index contributed by atoms with van der Waals surface area (Å²) in [5.41, 5.74) is 3.84. The lowest BCUT2D eigenvalue weighted by Gasteiger charge is -2.35. The average Bonchev–Trinajstić information content (AvgIpc) is 3.29. The van der Waals surface area contributed by atoms with Crippen LogP contribution in [0.4, 0.5) is 5.69 Å². The molecule has 3 aromatic carbocycles. The molecule has 1 atom stereocenters. The second kappa shape index (κ2) is 11.1. The fourth-order valence-corrected chi connectivity index (χ4v) is 4.62. The van der Waals surface area contributed by atoms with Gasteiger partial charge in [0.2, 0.25) is 11.8 Å². The van der Waals surface area contributed by atoms with Crippen LogP contribution in [0.5, 0.6) is 11.5 Å². The van der Waals surface area contributed by atoms with Crippen molar-refractivity contribution < 1.29 is 19.1 Å². The third-order valence-corrected chi connectivity index (χ3v) is 6.32. The summed E-state index contributed by atoms with van der Waals surface area (Å²) in [5, 5.41) is 11.5. The maximum absolute atomic E-state index is 14.3. The van der Waals surface area contributed by atoms with Gasteiger partial charge >= 0.3 is 0 Å². The Kier molecular flexibility index (Phi) is 7.90. The number of benzene rings is 3. The van der Waals surface area contributed by atoms with Crippen molar-refractivity contribution in [2.45, 2.75) is 52.7 Å². The number of para-hydroxylation sites is 1. The summed E-state index contributed by atoms with van der Waals surface area (Å²) in [4.78, 5) is 30.0. The molecule has 0 aliphatic heterocycles. The second-order valence-electron chi connectivity index (χ2n) is 10.5. The van der Waals surface area contributed by atoms with E-state index < -0.39 is 11.6 Å². The summed E-state index contributed by atoms with van der Waals surface area (Å²) in [6.45, 7) is 9.48. The van der Waals surface area contributed by atoms with Crippen LogP contribution >= 0.6 is 0 Å². The molecule has 1 heterocycles. The van der Waals surface area contributed by atoms with Gasteiger partial charge in [-0.05, 0) is 76.6 Å². The molecule has 0 fully saturated rings. The largest absolute Gasteiger partial charge is 0.497 e. The van der Waals surface area contributed by atoms with Crippen molar-refractivity contribution in [3.63, 3.8) is 0 Å². The fourth-order valence-electron chi connectivity index (χ4n) is 4.62. The predicted molar refractivity (Wildman–Crippen MR) is 151 cm³/mol. The summed E-state index contributed by atoms with van der Waals surface area (Å²) in [6.07, 6.45) is 0. The highest BCUT2D eigenvalue weighted by atomic mass is 16.5. The number of aryl methyl sites for hydroxylation is 2. The minimum atomic E-state index is -1.07. The van der Waals surface area contributed by atoms with Gasteiger partial charge in [0.25, 0.3) is 0 Å². The Labute approximate surface area is 228 Å². The van der Waals surface area contributed by atoms with Gasteiger partial charge in [-0.2, -0.15) is 0 Å². The number of carbonyl (C=O) groups is 2. The van der Waals surface area contributed by atoms with Gasteiger partial charge in [-0.3, -0.25) is 14.5 Å². The summed E-state index contributed by atoms with van der Waals surface area (Å²) < 4.78 is 12.7. The fraction of sp³-hybridized carbons (Fsp3) is 0.333. The number of anilines is 1. The number of aromatic nitrogens is 3. The number of ether oxygens (including phenoxy) is 2. The van der Waals surface area contributed by atoms with Crippen molar-refractivity contribution >= 4 is 28.5 Å². The number of nitrogens with zero attached hydrogens (tertiary/aromatic N) is 4. The summed E-state index contributed by atoms with van der Waals surface area (Å²) >= 11 is 0. The molecule has 0 bridgehead atoms. The van der Waals surface area contributed by atoms with Gasteiger partial charge in [0.1, 0.15) is 29.6 Å². The third kappa shape index (κ3) is 6.03. The molecule has 0 aliphatic carbocycles. The molecule has 0 saturated heterocycles. The summed E-state index contributed by atoms with van der Waals surface area (Å²) in [6, 6.07) is 17.4. The van der Waals surface area contributed by atoms with Gasteiger partial charge in [-0.15, -0.1) is 5.10 Å². The number of nitrogens with one attached hydrogen (secondary N) is 1. The van der Waals surface area contributed by atoms with Crippen LogP contribution in [0.25, 0.3) is 11.0 Å². The van der Waals surface area contributed by atoms with Gasteiger partial charge < -0.3 is 14.8 Å². The van der Waals surface area contributed by atoms with E-state index in [9.17, 15) is 9.59 Å². The maximum atomic E-state index is 14.3. The molecule has 1 N–H and O–H groups in total. The molecule has 0 unspecified atom stereocenters. The van der Waals surface area contributed by atoms with E-state index in [2.05, 4.69) is 15.6 Å². The zero-order chi connectivity index (χ0) is 28.3. The average molecular weight is 530 g/mol. The first-order valence-corrected chi connectivity index (χ1v) is 12.7. The van der Waals surface area contributed by atoms with Crippen LogP contribution in [0.2, 0.25) is 0 Å². The lowest BCUT2D eigenvalue weighted by atomic mass is 9.98. The quantitative estimate of drug-likeness (QED) is 0.354. The molecular weight excluding hydrogens is 494 g/mol. The van der Waals surface area contributed by atoms with Crippen LogP contribution in [0, 0.1) is 13.8 Å². The summed E-state index contributed by atoms with van der Waals surface area (Å²) in [5.74, 6) is 0.302. The third-order valence-electron chi connectivity index (χ3n) is 6.32. The van der Waals surface area contributed by atoms with E-state index >= 15 is 0 Å². The van der Waals surface area contributed by atoms with Gasteiger partial charge in [0, 0.05) is 16.8 Å². The Morgan fingerprint density at radius 1 is 1.00 bits per heavy atom. The van der Waals surface area contributed by atoms with Gasteiger partial charge in [0.15, 0.2) is 0 Å². The van der Waals surface area contributed by atoms with Crippen molar-refractivity contribution in [1.29, 1.82) is 0 Å². The number of hydrogen-bond acceptors (Lipinski definition) is 6. The number of hydrogen-bond donors (Lipinski definition) is 1. The highest BCUT2D eigenvalue weighted by Crippen LogP contribution is 2.37. The van der Waals surface area contributed by atoms with Crippen molar-refractivity contribution in [3.8, 4) is 11.5 Å². The van der Waals surface area contributed by atoms with Crippen molar-refractivity contribution in [3.05, 3.63) is 77.4 Å². The van der Waals surface area contributed by atoms with Crippen LogP contribution in [0.3, 0.4) is 0 Å². The standard InChI is InChI=1S/C30H35N5O4/c1-19-12-14-24(20(2)16-19)35(27(36)18-34-25-11-9-8-10-23(25)32-33-34)28(29(37)31-30(3,4)5)22-17-21(38-6)13-15-26(22)39-7/h8-17,28H,18H2,1-7H3,(H,31,37)/t28-/m0/s1. The van der Waals surface area contributed by atoms with Gasteiger partial charge in [0.05, 0.1) is 19.7 Å². The Hall–Kier alpha value is -4.40. The minimum Gasteiger partial charge on any atom is -0.497 e. The van der Waals surface area contributed by atoms with E-state index in [1.807, 2.05) is 77.1 Å². The first kappa shape index (κ1) is 27.6. The second-order valence-corrected chi connectivity index (χ2v) is 10.5. The highest BCUT2D eigenvalue weighted by molar-refractivity contribution is 6.02. The van der Waals surface area contributed by atoms with E-state index in [0.29, 0.717) is 28.3 Å². The monoisotopic (exact) mass is 529 g/mol. The number of amides is 2. The number of rotatable bonds is 8. The first-order chi connectivity index (χ1) is 18.5. The lowest BCUT2D eigenvalue weighted by Crippen LogP contribution is -2.50. The molecule has 9 nitrogen and oxygen atoms in total. The van der Waals surface area contributed by atoms with Gasteiger partial charge in [-0.25, -0.2) is 4.68 Å². The number of fused-ring (bicyclic) bond motifs is 1. The Morgan fingerprint density at radius 2 is 1.74 bits per heavy atom. The van der Waals surface area contributed by atoms with Crippen molar-refractivity contribution in [1.82, 2.24) is 20.3 Å². The Morgan fingerprint density at radius 3 is 2.41 bits per heavy atom. The highest BCUT2D eigenvalue weighted by Gasteiger charge is 2.37. The Bertz CT molecular complexity index is 1510. The van der Waals surface area contributed by atoms with E-state index in [1.165, 1.54) is 12.0 Å². The summed E-state index contributed by atoms with van der Waals surface area (Å²) in [7, 11) is 3.09. The molecule has 0 spiro atoms. The van der Waals surface area contributed by atoms with E-state index in [-0.39, 0.29) is 18.4 Å².